The number of carbonyl (C=O) groups excluding carboxylic acids is 2. The van der Waals surface area contributed by atoms with Crippen molar-refractivity contribution in [2.45, 2.75) is 11.4 Å². The molecule has 124 valence electrons. The molecule has 2 aromatic carbocycles. The van der Waals surface area contributed by atoms with Crippen LogP contribution in [0.25, 0.3) is 0 Å². The van der Waals surface area contributed by atoms with Gasteiger partial charge in [0.25, 0.3) is 0 Å². The van der Waals surface area contributed by atoms with Gasteiger partial charge in [0, 0.05) is 5.56 Å². The molecule has 2 atom stereocenters. The van der Waals surface area contributed by atoms with E-state index < -0.39 is 18.0 Å². The van der Waals surface area contributed by atoms with Gasteiger partial charge in [-0.15, -0.1) is 0 Å². The number of hydrogen-bond acceptors (Lipinski definition) is 5. The lowest BCUT2D eigenvalue weighted by Crippen LogP contribution is -2.90. The van der Waals surface area contributed by atoms with Crippen molar-refractivity contribution in [2.24, 2.45) is 0 Å². The van der Waals surface area contributed by atoms with Crippen LogP contribution in [0.5, 0.6) is 5.75 Å². The van der Waals surface area contributed by atoms with E-state index >= 15 is 0 Å². The van der Waals surface area contributed by atoms with Gasteiger partial charge < -0.3 is 20.0 Å². The summed E-state index contributed by atoms with van der Waals surface area (Å²) in [6, 6.07) is 13.2. The van der Waals surface area contributed by atoms with Crippen molar-refractivity contribution in [2.75, 3.05) is 5.75 Å². The molecule has 0 bridgehead atoms. The van der Waals surface area contributed by atoms with Gasteiger partial charge in [0.1, 0.15) is 17.8 Å². The Balaban J connectivity index is 1.66. The predicted octanol–water partition coefficient (Wildman–Crippen LogP) is 0.987. The third kappa shape index (κ3) is 3.72. The van der Waals surface area contributed by atoms with Gasteiger partial charge in [-0.3, -0.25) is 0 Å². The van der Waals surface area contributed by atoms with Gasteiger partial charge >= 0.3 is 5.97 Å². The summed E-state index contributed by atoms with van der Waals surface area (Å²) in [5.74, 6) is -0.651. The van der Waals surface area contributed by atoms with Gasteiger partial charge in [-0.1, -0.05) is 35.5 Å². The van der Waals surface area contributed by atoms with Gasteiger partial charge in [-0.2, -0.15) is 0 Å². The number of halogens is 1. The molecule has 2 N–H and O–H groups in total. The van der Waals surface area contributed by atoms with Crippen LogP contribution in [-0.2, 0) is 4.79 Å². The number of benzene rings is 2. The van der Waals surface area contributed by atoms with Gasteiger partial charge in [0.05, 0.1) is 16.3 Å². The minimum absolute atomic E-state index is 0.00113. The molecule has 0 radical (unpaired) electrons. The van der Waals surface area contributed by atoms with Crippen LogP contribution < -0.4 is 15.2 Å². The van der Waals surface area contributed by atoms with Crippen molar-refractivity contribution in [1.82, 2.24) is 0 Å². The lowest BCUT2D eigenvalue weighted by Gasteiger charge is -2.11. The minimum atomic E-state index is -1.05. The van der Waals surface area contributed by atoms with Crippen LogP contribution in [0.4, 0.5) is 0 Å². The van der Waals surface area contributed by atoms with Crippen LogP contribution in [0.15, 0.2) is 48.5 Å². The summed E-state index contributed by atoms with van der Waals surface area (Å²) in [7, 11) is 0. The molecule has 1 aliphatic heterocycles. The molecule has 1 saturated heterocycles. The Kier molecular flexibility index (Phi) is 5.08. The number of thioether (sulfide) groups is 1. The minimum Gasteiger partial charge on any atom is -0.544 e. The zero-order valence-corrected chi connectivity index (χ0v) is 14.0. The first-order chi connectivity index (χ1) is 11.5. The lowest BCUT2D eigenvalue weighted by molar-refractivity contribution is -0.690. The highest BCUT2D eigenvalue weighted by Crippen LogP contribution is 2.28. The Morgan fingerprint density at radius 2 is 1.88 bits per heavy atom. The Bertz CT molecular complexity index is 765. The highest BCUT2D eigenvalue weighted by molar-refractivity contribution is 7.99. The second-order valence-electron chi connectivity index (χ2n) is 5.31. The van der Waals surface area contributed by atoms with Crippen LogP contribution in [0.1, 0.15) is 21.3 Å². The molecule has 1 aliphatic rings. The van der Waals surface area contributed by atoms with Crippen LogP contribution >= 0.6 is 23.4 Å². The van der Waals surface area contributed by atoms with E-state index in [1.165, 1.54) is 0 Å². The van der Waals surface area contributed by atoms with E-state index in [0.717, 1.165) is 5.56 Å². The molecule has 0 unspecified atom stereocenters. The molecular formula is C17H14ClNO4S. The number of esters is 1. The highest BCUT2D eigenvalue weighted by Gasteiger charge is 2.30. The normalized spacial score (nSPS) is 19.9. The number of hydrogen-bond donors (Lipinski definition) is 1. The van der Waals surface area contributed by atoms with Crippen molar-refractivity contribution in [3.8, 4) is 5.75 Å². The third-order valence-corrected chi connectivity index (χ3v) is 5.35. The zero-order valence-electron chi connectivity index (χ0n) is 12.5. The highest BCUT2D eigenvalue weighted by atomic mass is 35.5. The van der Waals surface area contributed by atoms with E-state index in [0.29, 0.717) is 22.1 Å². The summed E-state index contributed by atoms with van der Waals surface area (Å²) in [5.41, 5.74) is 1.26. The largest absolute Gasteiger partial charge is 0.544 e. The lowest BCUT2D eigenvalue weighted by atomic mass is 10.2. The quantitative estimate of drug-likeness (QED) is 0.647. The molecule has 0 aromatic heterocycles. The second kappa shape index (κ2) is 7.25. The van der Waals surface area contributed by atoms with Crippen molar-refractivity contribution in [3.63, 3.8) is 0 Å². The molecule has 0 amide bonds. The zero-order chi connectivity index (χ0) is 17.1. The second-order valence-corrected chi connectivity index (χ2v) is 6.89. The number of carbonyl (C=O) groups is 2. The molecule has 7 heteroatoms. The fourth-order valence-electron chi connectivity index (χ4n) is 2.40. The maximum atomic E-state index is 12.1. The molecule has 0 aliphatic carbocycles. The first-order valence-corrected chi connectivity index (χ1v) is 8.71. The smallest absolute Gasteiger partial charge is 0.345 e. The summed E-state index contributed by atoms with van der Waals surface area (Å²) < 4.78 is 5.31. The maximum absolute atomic E-state index is 12.1. The van der Waals surface area contributed by atoms with Gasteiger partial charge in [0.15, 0.2) is 5.37 Å². The summed E-state index contributed by atoms with van der Waals surface area (Å²) >= 11 is 7.52. The maximum Gasteiger partial charge on any atom is 0.345 e. The molecular weight excluding hydrogens is 350 g/mol. The third-order valence-electron chi connectivity index (χ3n) is 3.68. The van der Waals surface area contributed by atoms with E-state index in [1.54, 1.807) is 53.5 Å². The number of aliphatic carboxylic acids is 1. The van der Waals surface area contributed by atoms with Crippen LogP contribution in [-0.4, -0.2) is 23.7 Å². The SMILES string of the molecule is O=C(Oc1ccc([C@@H]2[NH2+][C@H](C(=O)[O-])CS2)cc1)c1ccccc1Cl. The molecule has 3 rings (SSSR count). The average molecular weight is 364 g/mol. The van der Waals surface area contributed by atoms with Crippen LogP contribution in [0, 0.1) is 0 Å². The molecule has 24 heavy (non-hydrogen) atoms. The number of nitrogens with two attached hydrogens (primary N) is 1. The van der Waals surface area contributed by atoms with Crippen LogP contribution in [0.3, 0.4) is 0 Å². The molecule has 5 nitrogen and oxygen atoms in total. The first kappa shape index (κ1) is 16.8. The van der Waals surface area contributed by atoms with Crippen molar-refractivity contribution in [1.29, 1.82) is 0 Å². The number of quaternary nitrogens is 1. The van der Waals surface area contributed by atoms with Gasteiger partial charge in [-0.05, 0) is 36.4 Å². The van der Waals surface area contributed by atoms with Gasteiger partial charge in [0.2, 0.25) is 0 Å². The molecule has 0 spiro atoms. The van der Waals surface area contributed by atoms with Gasteiger partial charge in [-0.25, -0.2) is 4.79 Å². The Morgan fingerprint density at radius 1 is 1.17 bits per heavy atom. The van der Waals surface area contributed by atoms with Crippen molar-refractivity contribution in [3.05, 3.63) is 64.7 Å². The number of carboxylic acid groups (broad SMARTS) is 1. The Morgan fingerprint density at radius 3 is 2.50 bits per heavy atom. The Hall–Kier alpha value is -2.02. The summed E-state index contributed by atoms with van der Waals surface area (Å²) in [4.78, 5) is 23.0. The van der Waals surface area contributed by atoms with E-state index in [2.05, 4.69) is 0 Å². The predicted molar refractivity (Wildman–Crippen MR) is 88.8 cm³/mol. The van der Waals surface area contributed by atoms with Crippen molar-refractivity contribution < 1.29 is 24.7 Å². The number of rotatable bonds is 4. The monoisotopic (exact) mass is 363 g/mol. The number of ether oxygens (including phenoxy) is 1. The topological polar surface area (TPSA) is 83.0 Å². The molecule has 1 fully saturated rings. The van der Waals surface area contributed by atoms with E-state index in [4.69, 9.17) is 16.3 Å². The average Bonchev–Trinajstić information content (AvgIpc) is 3.06. The standard InChI is InChI=1S/C17H14ClNO4S/c18-13-4-2-1-3-12(13)17(22)23-11-7-5-10(6-8-11)15-19-14(9-24-15)16(20)21/h1-8,14-15,19H,9H2,(H,20,21)/t14-,15+/m0/s1. The summed E-state index contributed by atoms with van der Waals surface area (Å²) in [6.45, 7) is 0. The van der Waals surface area contributed by atoms with E-state index in [9.17, 15) is 14.7 Å². The molecule has 1 heterocycles. The van der Waals surface area contributed by atoms with Crippen LogP contribution in [0.2, 0.25) is 5.02 Å². The first-order valence-electron chi connectivity index (χ1n) is 7.28. The van der Waals surface area contributed by atoms with Crippen molar-refractivity contribution >= 4 is 35.3 Å². The van der Waals surface area contributed by atoms with E-state index in [1.807, 2.05) is 12.1 Å². The van der Waals surface area contributed by atoms with E-state index in [-0.39, 0.29) is 5.37 Å². The number of carboxylic acids is 1. The fraction of sp³-hybridized carbons (Fsp3) is 0.176. The fourth-order valence-corrected chi connectivity index (χ4v) is 3.92. The molecule has 2 aromatic rings. The summed E-state index contributed by atoms with van der Waals surface area (Å²) in [5, 5.41) is 13.0. The Labute approximate surface area is 148 Å². The molecule has 0 saturated carbocycles. The summed E-state index contributed by atoms with van der Waals surface area (Å²) in [6.07, 6.45) is 0.